The van der Waals surface area contributed by atoms with Gasteiger partial charge < -0.3 is 11.1 Å². The summed E-state index contributed by atoms with van der Waals surface area (Å²) in [6.07, 6.45) is 3.27. The minimum atomic E-state index is -0.191. The van der Waals surface area contributed by atoms with E-state index >= 15 is 0 Å². The van der Waals surface area contributed by atoms with Crippen LogP contribution in [0.25, 0.3) is 6.08 Å². The fraction of sp³-hybridized carbons (Fsp3) is 0.118. The molecular formula is C17H18N2O. The number of nitrogen functional groups attached to an aromatic ring is 1. The molecule has 3 nitrogen and oxygen atoms in total. The molecule has 0 radical (unpaired) electrons. The molecule has 0 unspecified atom stereocenters. The topological polar surface area (TPSA) is 55.1 Å². The van der Waals surface area contributed by atoms with Crippen molar-refractivity contribution in [2.24, 2.45) is 0 Å². The van der Waals surface area contributed by atoms with Crippen molar-refractivity contribution >= 4 is 23.4 Å². The van der Waals surface area contributed by atoms with Gasteiger partial charge in [0, 0.05) is 6.08 Å². The number of amides is 1. The Kier molecular flexibility index (Phi) is 4.20. The average molecular weight is 266 g/mol. The van der Waals surface area contributed by atoms with E-state index in [0.717, 1.165) is 16.7 Å². The Morgan fingerprint density at radius 3 is 2.45 bits per heavy atom. The molecule has 0 aromatic heterocycles. The minimum absolute atomic E-state index is 0.191. The van der Waals surface area contributed by atoms with Crippen LogP contribution in [0.3, 0.4) is 0 Å². The van der Waals surface area contributed by atoms with Crippen molar-refractivity contribution in [1.29, 1.82) is 0 Å². The largest absolute Gasteiger partial charge is 0.397 e. The predicted molar refractivity (Wildman–Crippen MR) is 84.4 cm³/mol. The van der Waals surface area contributed by atoms with E-state index in [-0.39, 0.29) is 5.91 Å². The number of nitrogens with two attached hydrogens (primary N) is 1. The highest BCUT2D eigenvalue weighted by Gasteiger charge is 2.04. The second-order valence-corrected chi connectivity index (χ2v) is 4.76. The minimum Gasteiger partial charge on any atom is -0.397 e. The maximum atomic E-state index is 11.9. The molecule has 1 amide bonds. The predicted octanol–water partition coefficient (Wildman–Crippen LogP) is 3.54. The normalized spacial score (nSPS) is 10.7. The molecule has 0 atom stereocenters. The maximum absolute atomic E-state index is 11.9. The van der Waals surface area contributed by atoms with Gasteiger partial charge in [0.05, 0.1) is 11.4 Å². The summed E-state index contributed by atoms with van der Waals surface area (Å²) >= 11 is 0. The second kappa shape index (κ2) is 6.06. The van der Waals surface area contributed by atoms with E-state index in [1.807, 2.05) is 56.3 Å². The van der Waals surface area contributed by atoms with Gasteiger partial charge in [-0.1, -0.05) is 30.3 Å². The summed E-state index contributed by atoms with van der Waals surface area (Å²) in [4.78, 5) is 11.9. The molecule has 0 aliphatic carbocycles. The van der Waals surface area contributed by atoms with Crippen LogP contribution in [0.1, 0.15) is 16.7 Å². The zero-order chi connectivity index (χ0) is 14.5. The second-order valence-electron chi connectivity index (χ2n) is 4.76. The van der Waals surface area contributed by atoms with Crippen LogP contribution in [-0.2, 0) is 4.79 Å². The highest BCUT2D eigenvalue weighted by molar-refractivity contribution is 6.03. The number of anilines is 2. The number of aryl methyl sites for hydroxylation is 2. The number of carbonyl (C=O) groups is 1. The molecule has 0 spiro atoms. The highest BCUT2D eigenvalue weighted by Crippen LogP contribution is 2.22. The van der Waals surface area contributed by atoms with E-state index in [2.05, 4.69) is 5.32 Å². The molecule has 2 aromatic rings. The van der Waals surface area contributed by atoms with Crippen molar-refractivity contribution < 1.29 is 4.79 Å². The molecule has 2 aromatic carbocycles. The molecule has 3 heteroatoms. The Balaban J connectivity index is 2.09. The van der Waals surface area contributed by atoms with E-state index in [1.165, 1.54) is 6.08 Å². The Hall–Kier alpha value is -2.55. The SMILES string of the molecule is Cc1cc(N)c(NC(=O)/C=C/c2ccccc2)cc1C. The summed E-state index contributed by atoms with van der Waals surface area (Å²) < 4.78 is 0. The fourth-order valence-corrected chi connectivity index (χ4v) is 1.86. The Labute approximate surface area is 119 Å². The van der Waals surface area contributed by atoms with E-state index in [0.29, 0.717) is 11.4 Å². The number of nitrogens with one attached hydrogen (secondary N) is 1. The third-order valence-corrected chi connectivity index (χ3v) is 3.15. The van der Waals surface area contributed by atoms with Crippen LogP contribution in [0.4, 0.5) is 11.4 Å². The van der Waals surface area contributed by atoms with Gasteiger partial charge in [0.2, 0.25) is 5.91 Å². The van der Waals surface area contributed by atoms with Crippen LogP contribution in [0.5, 0.6) is 0 Å². The zero-order valence-electron chi connectivity index (χ0n) is 11.7. The molecule has 0 bridgehead atoms. The number of benzene rings is 2. The van der Waals surface area contributed by atoms with E-state index in [9.17, 15) is 4.79 Å². The van der Waals surface area contributed by atoms with Gasteiger partial charge in [-0.15, -0.1) is 0 Å². The molecule has 0 aliphatic rings. The number of hydrogen-bond donors (Lipinski definition) is 2. The Morgan fingerprint density at radius 2 is 1.75 bits per heavy atom. The Bertz CT molecular complexity index is 646. The molecule has 0 fully saturated rings. The monoisotopic (exact) mass is 266 g/mol. The lowest BCUT2D eigenvalue weighted by molar-refractivity contribution is -0.111. The van der Waals surface area contributed by atoms with Crippen LogP contribution < -0.4 is 11.1 Å². The smallest absolute Gasteiger partial charge is 0.248 e. The zero-order valence-corrected chi connectivity index (χ0v) is 11.7. The molecule has 0 aliphatic heterocycles. The van der Waals surface area contributed by atoms with Crippen molar-refractivity contribution in [1.82, 2.24) is 0 Å². The third kappa shape index (κ3) is 3.48. The lowest BCUT2D eigenvalue weighted by Gasteiger charge is -2.09. The van der Waals surface area contributed by atoms with Gasteiger partial charge in [-0.2, -0.15) is 0 Å². The standard InChI is InChI=1S/C17H18N2O/c1-12-10-15(18)16(11-13(12)2)19-17(20)9-8-14-6-4-3-5-7-14/h3-11H,18H2,1-2H3,(H,19,20)/b9-8+. The summed E-state index contributed by atoms with van der Waals surface area (Å²) in [6.45, 7) is 3.98. The van der Waals surface area contributed by atoms with Crippen LogP contribution in [0, 0.1) is 13.8 Å². The summed E-state index contributed by atoms with van der Waals surface area (Å²) in [5, 5.41) is 2.80. The van der Waals surface area contributed by atoms with Crippen molar-refractivity contribution in [3.8, 4) is 0 Å². The van der Waals surface area contributed by atoms with Crippen molar-refractivity contribution in [3.05, 3.63) is 65.2 Å². The molecule has 20 heavy (non-hydrogen) atoms. The summed E-state index contributed by atoms with van der Waals surface area (Å²) in [6, 6.07) is 13.4. The van der Waals surface area contributed by atoms with Crippen LogP contribution in [-0.4, -0.2) is 5.91 Å². The first-order valence-electron chi connectivity index (χ1n) is 6.47. The molecular weight excluding hydrogens is 248 g/mol. The third-order valence-electron chi connectivity index (χ3n) is 3.15. The summed E-state index contributed by atoms with van der Waals surface area (Å²) in [5.41, 5.74) is 10.3. The Morgan fingerprint density at radius 1 is 1.10 bits per heavy atom. The highest BCUT2D eigenvalue weighted by atomic mass is 16.1. The number of hydrogen-bond acceptors (Lipinski definition) is 2. The number of rotatable bonds is 3. The van der Waals surface area contributed by atoms with Gasteiger partial charge in [-0.25, -0.2) is 0 Å². The molecule has 0 saturated heterocycles. The lowest BCUT2D eigenvalue weighted by atomic mass is 10.1. The molecule has 0 heterocycles. The van der Waals surface area contributed by atoms with Crippen LogP contribution >= 0.6 is 0 Å². The first kappa shape index (κ1) is 13.9. The van der Waals surface area contributed by atoms with Gasteiger partial charge in [-0.3, -0.25) is 4.79 Å². The first-order valence-corrected chi connectivity index (χ1v) is 6.47. The molecule has 2 rings (SSSR count). The fourth-order valence-electron chi connectivity index (χ4n) is 1.86. The summed E-state index contributed by atoms with van der Waals surface area (Å²) in [5.74, 6) is -0.191. The average Bonchev–Trinajstić information content (AvgIpc) is 2.44. The van der Waals surface area contributed by atoms with Crippen molar-refractivity contribution in [2.75, 3.05) is 11.1 Å². The lowest BCUT2D eigenvalue weighted by Crippen LogP contribution is -2.10. The maximum Gasteiger partial charge on any atom is 0.248 e. The molecule has 0 saturated carbocycles. The quantitative estimate of drug-likeness (QED) is 0.659. The van der Waals surface area contributed by atoms with E-state index in [4.69, 9.17) is 5.73 Å². The van der Waals surface area contributed by atoms with Crippen molar-refractivity contribution in [3.63, 3.8) is 0 Å². The van der Waals surface area contributed by atoms with Gasteiger partial charge in [-0.05, 0) is 48.7 Å². The summed E-state index contributed by atoms with van der Waals surface area (Å²) in [7, 11) is 0. The van der Waals surface area contributed by atoms with Crippen molar-refractivity contribution in [2.45, 2.75) is 13.8 Å². The van der Waals surface area contributed by atoms with E-state index < -0.39 is 0 Å². The first-order chi connectivity index (χ1) is 9.56. The molecule has 102 valence electrons. The number of carbonyl (C=O) groups excluding carboxylic acids is 1. The van der Waals surface area contributed by atoms with E-state index in [1.54, 1.807) is 6.08 Å². The van der Waals surface area contributed by atoms with Gasteiger partial charge >= 0.3 is 0 Å². The van der Waals surface area contributed by atoms with Gasteiger partial charge in [0.25, 0.3) is 0 Å². The van der Waals surface area contributed by atoms with Gasteiger partial charge in [0.1, 0.15) is 0 Å². The van der Waals surface area contributed by atoms with Gasteiger partial charge in [0.15, 0.2) is 0 Å². The van der Waals surface area contributed by atoms with Crippen LogP contribution in [0.2, 0.25) is 0 Å². The molecule has 3 N–H and O–H groups in total. The van der Waals surface area contributed by atoms with Crippen LogP contribution in [0.15, 0.2) is 48.5 Å².